The first kappa shape index (κ1) is 14.7. The molecule has 0 aliphatic rings. The van der Waals surface area contributed by atoms with Crippen molar-refractivity contribution in [3.05, 3.63) is 33.8 Å². The molecule has 3 N–H and O–H groups in total. The summed E-state index contributed by atoms with van der Waals surface area (Å²) in [5, 5.41) is 1.10. The Kier molecular flexibility index (Phi) is 6.23. The lowest BCUT2D eigenvalue weighted by Crippen LogP contribution is -2.33. The molecule has 0 amide bonds. The van der Waals surface area contributed by atoms with E-state index >= 15 is 0 Å². The van der Waals surface area contributed by atoms with E-state index in [1.165, 1.54) is 0 Å². The fraction of sp³-hybridized carbons (Fsp3) is 0.500. The SMILES string of the molecule is COCCC(C)C(NN)c1ccc(Cl)c(Cl)c1. The van der Waals surface area contributed by atoms with E-state index in [0.29, 0.717) is 22.6 Å². The topological polar surface area (TPSA) is 47.3 Å². The Morgan fingerprint density at radius 3 is 2.59 bits per heavy atom. The standard InChI is InChI=1S/C12H18Cl2N2O/c1-8(5-6-17-2)12(16-15)9-3-4-10(13)11(14)7-9/h3-4,7-8,12,16H,5-6,15H2,1-2H3. The molecule has 2 atom stereocenters. The van der Waals surface area contributed by atoms with E-state index in [1.807, 2.05) is 12.1 Å². The van der Waals surface area contributed by atoms with E-state index in [9.17, 15) is 0 Å². The van der Waals surface area contributed by atoms with Gasteiger partial charge in [0.2, 0.25) is 0 Å². The van der Waals surface area contributed by atoms with Gasteiger partial charge in [-0.1, -0.05) is 36.2 Å². The normalized spacial score (nSPS) is 14.6. The average Bonchev–Trinajstić information content (AvgIpc) is 2.32. The minimum absolute atomic E-state index is 0.0416. The molecule has 0 bridgehead atoms. The summed E-state index contributed by atoms with van der Waals surface area (Å²) in [6, 6.07) is 5.60. The summed E-state index contributed by atoms with van der Waals surface area (Å²) < 4.78 is 5.07. The third kappa shape index (κ3) is 4.12. The average molecular weight is 277 g/mol. The van der Waals surface area contributed by atoms with Crippen LogP contribution in [0.1, 0.15) is 24.9 Å². The highest BCUT2D eigenvalue weighted by molar-refractivity contribution is 6.42. The van der Waals surface area contributed by atoms with Crippen LogP contribution >= 0.6 is 23.2 Å². The third-order valence-corrected chi connectivity index (χ3v) is 3.57. The summed E-state index contributed by atoms with van der Waals surface area (Å²) in [5.74, 6) is 5.94. The van der Waals surface area contributed by atoms with Crippen LogP contribution in [0.25, 0.3) is 0 Å². The number of ether oxygens (including phenoxy) is 1. The highest BCUT2D eigenvalue weighted by Gasteiger charge is 2.18. The van der Waals surface area contributed by atoms with Crippen LogP contribution in [0.4, 0.5) is 0 Å². The molecular formula is C12H18Cl2N2O. The van der Waals surface area contributed by atoms with E-state index in [4.69, 9.17) is 33.8 Å². The van der Waals surface area contributed by atoms with Crippen molar-refractivity contribution in [2.75, 3.05) is 13.7 Å². The van der Waals surface area contributed by atoms with Crippen LogP contribution in [-0.2, 0) is 4.74 Å². The Morgan fingerprint density at radius 1 is 1.35 bits per heavy atom. The first-order valence-corrected chi connectivity index (χ1v) is 6.25. The quantitative estimate of drug-likeness (QED) is 0.620. The lowest BCUT2D eigenvalue weighted by molar-refractivity contribution is 0.170. The summed E-state index contributed by atoms with van der Waals surface area (Å²) in [6.45, 7) is 2.83. The molecule has 1 aromatic carbocycles. The van der Waals surface area contributed by atoms with Gasteiger partial charge < -0.3 is 4.74 Å². The summed E-state index contributed by atoms with van der Waals surface area (Å²) >= 11 is 11.9. The van der Waals surface area contributed by atoms with Gasteiger partial charge in [0.25, 0.3) is 0 Å². The molecule has 17 heavy (non-hydrogen) atoms. The number of halogens is 2. The van der Waals surface area contributed by atoms with Crippen molar-refractivity contribution >= 4 is 23.2 Å². The molecule has 0 aliphatic heterocycles. The van der Waals surface area contributed by atoms with Gasteiger partial charge in [-0.05, 0) is 30.0 Å². The second kappa shape index (κ2) is 7.19. The van der Waals surface area contributed by atoms with Crippen LogP contribution in [0, 0.1) is 5.92 Å². The molecule has 0 fully saturated rings. The Balaban J connectivity index is 2.81. The van der Waals surface area contributed by atoms with Crippen LogP contribution in [0.2, 0.25) is 10.0 Å². The van der Waals surface area contributed by atoms with E-state index in [-0.39, 0.29) is 6.04 Å². The number of benzene rings is 1. The Hall–Kier alpha value is -0.320. The molecule has 5 heteroatoms. The molecule has 96 valence electrons. The van der Waals surface area contributed by atoms with Gasteiger partial charge in [-0.3, -0.25) is 11.3 Å². The largest absolute Gasteiger partial charge is 0.385 e. The first-order chi connectivity index (χ1) is 8.10. The zero-order chi connectivity index (χ0) is 12.8. The van der Waals surface area contributed by atoms with Crippen LogP contribution in [0.3, 0.4) is 0 Å². The summed E-state index contributed by atoms with van der Waals surface area (Å²) in [4.78, 5) is 0. The van der Waals surface area contributed by atoms with Crippen molar-refractivity contribution in [1.82, 2.24) is 5.43 Å². The van der Waals surface area contributed by atoms with E-state index in [1.54, 1.807) is 13.2 Å². The van der Waals surface area contributed by atoms with E-state index in [2.05, 4.69) is 12.3 Å². The van der Waals surface area contributed by atoms with Crippen molar-refractivity contribution in [3.8, 4) is 0 Å². The fourth-order valence-corrected chi connectivity index (χ4v) is 2.07. The van der Waals surface area contributed by atoms with E-state index in [0.717, 1.165) is 12.0 Å². The predicted molar refractivity (Wildman–Crippen MR) is 72.2 cm³/mol. The smallest absolute Gasteiger partial charge is 0.0595 e. The zero-order valence-electron chi connectivity index (χ0n) is 10.0. The molecule has 0 aromatic heterocycles. The van der Waals surface area contributed by atoms with Crippen molar-refractivity contribution < 1.29 is 4.74 Å². The van der Waals surface area contributed by atoms with Gasteiger partial charge in [0.1, 0.15) is 0 Å². The minimum Gasteiger partial charge on any atom is -0.385 e. The number of nitrogens with one attached hydrogen (secondary N) is 1. The molecule has 3 nitrogen and oxygen atoms in total. The highest BCUT2D eigenvalue weighted by atomic mass is 35.5. The van der Waals surface area contributed by atoms with Crippen molar-refractivity contribution in [2.45, 2.75) is 19.4 Å². The van der Waals surface area contributed by atoms with Crippen molar-refractivity contribution in [3.63, 3.8) is 0 Å². The van der Waals surface area contributed by atoms with E-state index < -0.39 is 0 Å². The zero-order valence-corrected chi connectivity index (χ0v) is 11.6. The Labute approximate surface area is 112 Å². The monoisotopic (exact) mass is 276 g/mol. The van der Waals surface area contributed by atoms with Crippen LogP contribution in [0.15, 0.2) is 18.2 Å². The molecule has 0 saturated heterocycles. The van der Waals surface area contributed by atoms with Gasteiger partial charge in [0, 0.05) is 19.8 Å². The third-order valence-electron chi connectivity index (χ3n) is 2.83. The van der Waals surface area contributed by atoms with Crippen LogP contribution < -0.4 is 11.3 Å². The van der Waals surface area contributed by atoms with Gasteiger partial charge in [-0.2, -0.15) is 0 Å². The second-order valence-electron chi connectivity index (χ2n) is 4.08. The maximum absolute atomic E-state index is 6.00. The molecule has 1 aromatic rings. The van der Waals surface area contributed by atoms with Gasteiger partial charge in [0.05, 0.1) is 10.0 Å². The van der Waals surface area contributed by atoms with Gasteiger partial charge in [0.15, 0.2) is 0 Å². The van der Waals surface area contributed by atoms with Crippen LogP contribution in [0.5, 0.6) is 0 Å². The summed E-state index contributed by atoms with van der Waals surface area (Å²) in [7, 11) is 1.69. The molecule has 0 spiro atoms. The second-order valence-corrected chi connectivity index (χ2v) is 4.89. The molecular weight excluding hydrogens is 259 g/mol. The Morgan fingerprint density at radius 2 is 2.06 bits per heavy atom. The highest BCUT2D eigenvalue weighted by Crippen LogP contribution is 2.29. The van der Waals surface area contributed by atoms with Gasteiger partial charge in [-0.25, -0.2) is 0 Å². The fourth-order valence-electron chi connectivity index (χ4n) is 1.77. The predicted octanol–water partition coefficient (Wildman–Crippen LogP) is 3.17. The number of rotatable bonds is 6. The number of nitrogens with two attached hydrogens (primary N) is 1. The lowest BCUT2D eigenvalue weighted by Gasteiger charge is -2.23. The molecule has 2 unspecified atom stereocenters. The number of hydrazine groups is 1. The molecule has 0 aliphatic carbocycles. The molecule has 1 rings (SSSR count). The molecule has 0 saturated carbocycles. The first-order valence-electron chi connectivity index (χ1n) is 5.50. The summed E-state index contributed by atoms with van der Waals surface area (Å²) in [6.07, 6.45) is 0.922. The Bertz CT molecular complexity index is 360. The number of methoxy groups -OCH3 is 1. The maximum atomic E-state index is 6.00. The van der Waals surface area contributed by atoms with Crippen molar-refractivity contribution in [2.24, 2.45) is 11.8 Å². The minimum atomic E-state index is 0.0416. The maximum Gasteiger partial charge on any atom is 0.0595 e. The van der Waals surface area contributed by atoms with Crippen molar-refractivity contribution in [1.29, 1.82) is 0 Å². The summed E-state index contributed by atoms with van der Waals surface area (Å²) in [5.41, 5.74) is 3.85. The number of hydrogen-bond acceptors (Lipinski definition) is 3. The van der Waals surface area contributed by atoms with Gasteiger partial charge >= 0.3 is 0 Å². The lowest BCUT2D eigenvalue weighted by atomic mass is 9.93. The molecule has 0 heterocycles. The number of hydrogen-bond donors (Lipinski definition) is 2. The molecule has 0 radical (unpaired) electrons. The van der Waals surface area contributed by atoms with Gasteiger partial charge in [-0.15, -0.1) is 0 Å². The van der Waals surface area contributed by atoms with Crippen LogP contribution in [-0.4, -0.2) is 13.7 Å².